The molecule has 1 atom stereocenters. The van der Waals surface area contributed by atoms with E-state index >= 15 is 0 Å². The Morgan fingerprint density at radius 2 is 1.82 bits per heavy atom. The van der Waals surface area contributed by atoms with E-state index in [4.69, 9.17) is 21.1 Å². The Morgan fingerprint density at radius 3 is 2.41 bits per heavy atom. The van der Waals surface area contributed by atoms with Crippen LogP contribution in [-0.4, -0.2) is 14.2 Å². The summed E-state index contributed by atoms with van der Waals surface area (Å²) < 4.78 is 10.5. The number of ether oxygens (including phenoxy) is 2. The van der Waals surface area contributed by atoms with Crippen molar-refractivity contribution in [3.63, 3.8) is 0 Å². The smallest absolute Gasteiger partial charge is 0.161 e. The molecule has 1 rings (SSSR count). The van der Waals surface area contributed by atoms with Gasteiger partial charge >= 0.3 is 0 Å². The summed E-state index contributed by atoms with van der Waals surface area (Å²) in [6, 6.07) is 5.87. The van der Waals surface area contributed by atoms with Gasteiger partial charge in [-0.1, -0.05) is 32.3 Å². The first-order chi connectivity index (χ1) is 8.22. The van der Waals surface area contributed by atoms with E-state index in [1.54, 1.807) is 14.2 Å². The number of hydrogen-bond donors (Lipinski definition) is 0. The van der Waals surface area contributed by atoms with E-state index in [9.17, 15) is 0 Å². The molecule has 0 spiro atoms. The molecule has 0 aliphatic carbocycles. The van der Waals surface area contributed by atoms with Crippen molar-refractivity contribution >= 4 is 11.6 Å². The molecule has 0 aliphatic heterocycles. The minimum Gasteiger partial charge on any atom is -0.493 e. The lowest BCUT2D eigenvalue weighted by Crippen LogP contribution is -1.95. The molecule has 0 saturated heterocycles. The second-order valence-electron chi connectivity index (χ2n) is 4.08. The topological polar surface area (TPSA) is 18.5 Å². The fraction of sp³-hybridized carbons (Fsp3) is 0.571. The highest BCUT2D eigenvalue weighted by molar-refractivity contribution is 6.20. The molecule has 17 heavy (non-hydrogen) atoms. The van der Waals surface area contributed by atoms with Crippen LogP contribution in [-0.2, 0) is 0 Å². The minimum atomic E-state index is 0.0568. The van der Waals surface area contributed by atoms with Crippen LogP contribution in [0.15, 0.2) is 18.2 Å². The zero-order chi connectivity index (χ0) is 12.7. The first-order valence-corrected chi connectivity index (χ1v) is 6.52. The third-order valence-corrected chi connectivity index (χ3v) is 3.30. The molecule has 0 bridgehead atoms. The summed E-state index contributed by atoms with van der Waals surface area (Å²) in [7, 11) is 3.28. The zero-order valence-corrected chi connectivity index (χ0v) is 11.6. The molecule has 0 aromatic heterocycles. The van der Waals surface area contributed by atoms with Crippen LogP contribution in [0.4, 0.5) is 0 Å². The molecule has 0 heterocycles. The van der Waals surface area contributed by atoms with Gasteiger partial charge in [-0.25, -0.2) is 0 Å². The van der Waals surface area contributed by atoms with Gasteiger partial charge in [0.2, 0.25) is 0 Å². The van der Waals surface area contributed by atoms with Crippen molar-refractivity contribution in [2.75, 3.05) is 14.2 Å². The Morgan fingerprint density at radius 1 is 1.12 bits per heavy atom. The van der Waals surface area contributed by atoms with Crippen LogP contribution in [0.1, 0.15) is 43.5 Å². The van der Waals surface area contributed by atoms with Crippen LogP contribution in [0.2, 0.25) is 0 Å². The molecule has 0 aliphatic rings. The first-order valence-electron chi connectivity index (χ1n) is 6.09. The normalized spacial score (nSPS) is 12.2. The van der Waals surface area contributed by atoms with E-state index in [1.165, 1.54) is 19.3 Å². The monoisotopic (exact) mass is 256 g/mol. The largest absolute Gasteiger partial charge is 0.493 e. The standard InChI is InChI=1S/C14H21ClO2/c1-4-5-6-7-12(15)11-8-9-13(16-2)14(10-11)17-3/h8-10,12H,4-7H2,1-3H3. The van der Waals surface area contributed by atoms with Gasteiger partial charge in [0.1, 0.15) is 0 Å². The summed E-state index contributed by atoms with van der Waals surface area (Å²) in [6.45, 7) is 2.19. The lowest BCUT2D eigenvalue weighted by molar-refractivity contribution is 0.354. The van der Waals surface area contributed by atoms with Crippen LogP contribution in [0, 0.1) is 0 Å². The highest BCUT2D eigenvalue weighted by Gasteiger charge is 2.11. The lowest BCUT2D eigenvalue weighted by Gasteiger charge is -2.13. The molecule has 1 unspecified atom stereocenters. The minimum absolute atomic E-state index is 0.0568. The van der Waals surface area contributed by atoms with Gasteiger partial charge in [0.05, 0.1) is 19.6 Å². The van der Waals surface area contributed by atoms with E-state index in [1.807, 2.05) is 18.2 Å². The third kappa shape index (κ3) is 4.12. The van der Waals surface area contributed by atoms with Gasteiger partial charge in [0.25, 0.3) is 0 Å². The van der Waals surface area contributed by atoms with E-state index in [0.29, 0.717) is 0 Å². The highest BCUT2D eigenvalue weighted by atomic mass is 35.5. The summed E-state index contributed by atoms with van der Waals surface area (Å²) in [5.74, 6) is 1.49. The van der Waals surface area contributed by atoms with Gasteiger partial charge in [0.15, 0.2) is 11.5 Å². The summed E-state index contributed by atoms with van der Waals surface area (Å²) >= 11 is 6.37. The van der Waals surface area contributed by atoms with E-state index in [2.05, 4.69) is 6.92 Å². The predicted octanol–water partition coefficient (Wildman–Crippen LogP) is 4.56. The van der Waals surface area contributed by atoms with Crippen molar-refractivity contribution in [1.82, 2.24) is 0 Å². The van der Waals surface area contributed by atoms with Gasteiger partial charge in [-0.2, -0.15) is 0 Å². The third-order valence-electron chi connectivity index (χ3n) is 2.83. The van der Waals surface area contributed by atoms with Crippen LogP contribution < -0.4 is 9.47 Å². The quantitative estimate of drug-likeness (QED) is 0.526. The first kappa shape index (κ1) is 14.2. The molecule has 1 aromatic carbocycles. The molecule has 0 fully saturated rings. The fourth-order valence-electron chi connectivity index (χ4n) is 1.79. The Labute approximate surface area is 109 Å². The van der Waals surface area contributed by atoms with Crippen LogP contribution >= 0.6 is 11.6 Å². The van der Waals surface area contributed by atoms with E-state index in [-0.39, 0.29) is 5.38 Å². The van der Waals surface area contributed by atoms with Gasteiger partial charge in [0, 0.05) is 0 Å². The summed E-state index contributed by atoms with van der Waals surface area (Å²) in [4.78, 5) is 0. The van der Waals surface area contributed by atoms with Gasteiger partial charge in [-0.05, 0) is 24.1 Å². The SMILES string of the molecule is CCCCCC(Cl)c1ccc(OC)c(OC)c1. The second-order valence-corrected chi connectivity index (χ2v) is 4.60. The van der Waals surface area contributed by atoms with E-state index in [0.717, 1.165) is 23.5 Å². The predicted molar refractivity (Wildman–Crippen MR) is 72.3 cm³/mol. The average Bonchev–Trinajstić information content (AvgIpc) is 2.38. The molecular formula is C14H21ClO2. The van der Waals surface area contributed by atoms with Crippen molar-refractivity contribution < 1.29 is 9.47 Å². The highest BCUT2D eigenvalue weighted by Crippen LogP contribution is 2.34. The summed E-state index contributed by atoms with van der Waals surface area (Å²) in [5.41, 5.74) is 1.10. The molecule has 3 heteroatoms. The van der Waals surface area contributed by atoms with Crippen molar-refractivity contribution in [3.05, 3.63) is 23.8 Å². The number of methoxy groups -OCH3 is 2. The molecule has 0 amide bonds. The van der Waals surface area contributed by atoms with Gasteiger partial charge in [-0.15, -0.1) is 11.6 Å². The number of halogens is 1. The zero-order valence-electron chi connectivity index (χ0n) is 10.8. The van der Waals surface area contributed by atoms with Crippen molar-refractivity contribution in [2.45, 2.75) is 38.0 Å². The number of hydrogen-bond acceptors (Lipinski definition) is 2. The van der Waals surface area contributed by atoms with E-state index < -0.39 is 0 Å². The van der Waals surface area contributed by atoms with Crippen LogP contribution in [0.3, 0.4) is 0 Å². The van der Waals surface area contributed by atoms with Crippen LogP contribution in [0.5, 0.6) is 11.5 Å². The maximum Gasteiger partial charge on any atom is 0.161 e. The van der Waals surface area contributed by atoms with Crippen LogP contribution in [0.25, 0.3) is 0 Å². The Bertz CT molecular complexity index is 339. The molecule has 96 valence electrons. The molecule has 0 radical (unpaired) electrons. The molecular weight excluding hydrogens is 236 g/mol. The van der Waals surface area contributed by atoms with Gasteiger partial charge in [-0.3, -0.25) is 0 Å². The number of unbranched alkanes of at least 4 members (excludes halogenated alkanes) is 2. The van der Waals surface area contributed by atoms with Gasteiger partial charge < -0.3 is 9.47 Å². The van der Waals surface area contributed by atoms with Crippen molar-refractivity contribution in [3.8, 4) is 11.5 Å². The Hall–Kier alpha value is -0.890. The lowest BCUT2D eigenvalue weighted by atomic mass is 10.1. The number of alkyl halides is 1. The number of rotatable bonds is 7. The maximum absolute atomic E-state index is 6.37. The summed E-state index contributed by atoms with van der Waals surface area (Å²) in [5, 5.41) is 0.0568. The molecule has 0 saturated carbocycles. The Balaban J connectivity index is 2.70. The second kappa shape index (κ2) is 7.44. The molecule has 2 nitrogen and oxygen atoms in total. The fourth-order valence-corrected chi connectivity index (χ4v) is 2.08. The Kier molecular flexibility index (Phi) is 6.20. The molecule has 0 N–H and O–H groups in total. The summed E-state index contributed by atoms with van der Waals surface area (Å²) in [6.07, 6.45) is 4.62. The number of benzene rings is 1. The maximum atomic E-state index is 6.37. The van der Waals surface area contributed by atoms with Crippen molar-refractivity contribution in [2.24, 2.45) is 0 Å². The molecule has 1 aromatic rings. The average molecular weight is 257 g/mol. The van der Waals surface area contributed by atoms with Crippen molar-refractivity contribution in [1.29, 1.82) is 0 Å².